The monoisotopic (exact) mass is 245 g/mol. The maximum atomic E-state index is 13.5. The van der Waals surface area contributed by atoms with Crippen LogP contribution in [0.5, 0.6) is 5.75 Å². The van der Waals surface area contributed by atoms with E-state index in [2.05, 4.69) is 6.92 Å². The standard InChI is InChI=1S/C15H16FNO/c1-2-11-6-8-12(9-7-11)10-18-15-13(16)4-3-5-14(15)17/h3-9H,2,10,17H2,1H3. The summed E-state index contributed by atoms with van der Waals surface area (Å²) in [5, 5.41) is 0. The molecule has 2 N–H and O–H groups in total. The summed E-state index contributed by atoms with van der Waals surface area (Å²) in [5.74, 6) is -0.308. The van der Waals surface area contributed by atoms with Gasteiger partial charge in [-0.15, -0.1) is 0 Å². The van der Waals surface area contributed by atoms with Gasteiger partial charge in [-0.2, -0.15) is 0 Å². The van der Waals surface area contributed by atoms with Crippen molar-refractivity contribution >= 4 is 5.69 Å². The number of aryl methyl sites for hydroxylation is 1. The zero-order valence-corrected chi connectivity index (χ0v) is 10.3. The number of hydrogen-bond acceptors (Lipinski definition) is 2. The second-order valence-electron chi connectivity index (χ2n) is 4.12. The fourth-order valence-corrected chi connectivity index (χ4v) is 1.70. The number of benzene rings is 2. The summed E-state index contributed by atoms with van der Waals surface area (Å²) in [4.78, 5) is 0. The number of nitrogens with two attached hydrogens (primary N) is 1. The second kappa shape index (κ2) is 5.54. The Hall–Kier alpha value is -2.03. The smallest absolute Gasteiger partial charge is 0.178 e. The molecule has 0 spiro atoms. The van der Waals surface area contributed by atoms with Crippen LogP contribution >= 0.6 is 0 Å². The van der Waals surface area contributed by atoms with E-state index in [4.69, 9.17) is 10.5 Å². The van der Waals surface area contributed by atoms with Gasteiger partial charge in [0.05, 0.1) is 5.69 Å². The Morgan fingerprint density at radius 2 is 1.72 bits per heavy atom. The summed E-state index contributed by atoms with van der Waals surface area (Å²) in [6.45, 7) is 2.42. The molecule has 2 rings (SSSR count). The van der Waals surface area contributed by atoms with Crippen molar-refractivity contribution < 1.29 is 9.13 Å². The van der Waals surface area contributed by atoms with E-state index in [1.165, 1.54) is 11.6 Å². The molecule has 0 aliphatic heterocycles. The summed E-state index contributed by atoms with van der Waals surface area (Å²) < 4.78 is 18.9. The van der Waals surface area contributed by atoms with Gasteiger partial charge in [0.25, 0.3) is 0 Å². The van der Waals surface area contributed by atoms with E-state index in [0.29, 0.717) is 12.3 Å². The van der Waals surface area contributed by atoms with Gasteiger partial charge in [-0.1, -0.05) is 37.3 Å². The molecule has 94 valence electrons. The van der Waals surface area contributed by atoms with Crippen LogP contribution in [0.15, 0.2) is 42.5 Å². The minimum absolute atomic E-state index is 0.122. The van der Waals surface area contributed by atoms with Crippen molar-refractivity contribution in [1.82, 2.24) is 0 Å². The predicted molar refractivity (Wildman–Crippen MR) is 71.0 cm³/mol. The van der Waals surface area contributed by atoms with Crippen molar-refractivity contribution in [3.8, 4) is 5.75 Å². The molecule has 0 aromatic heterocycles. The third-order valence-corrected chi connectivity index (χ3v) is 2.81. The topological polar surface area (TPSA) is 35.2 Å². The average Bonchev–Trinajstić information content (AvgIpc) is 2.39. The van der Waals surface area contributed by atoms with E-state index in [-0.39, 0.29) is 5.75 Å². The molecule has 0 fully saturated rings. The number of para-hydroxylation sites is 1. The molecule has 0 atom stereocenters. The fraction of sp³-hybridized carbons (Fsp3) is 0.200. The van der Waals surface area contributed by atoms with Crippen LogP contribution in [-0.4, -0.2) is 0 Å². The first-order chi connectivity index (χ1) is 8.70. The van der Waals surface area contributed by atoms with E-state index in [0.717, 1.165) is 12.0 Å². The van der Waals surface area contributed by atoms with E-state index >= 15 is 0 Å². The molecule has 2 aromatic carbocycles. The highest BCUT2D eigenvalue weighted by atomic mass is 19.1. The molecule has 0 bridgehead atoms. The summed E-state index contributed by atoms with van der Waals surface area (Å²) >= 11 is 0. The van der Waals surface area contributed by atoms with E-state index in [1.807, 2.05) is 24.3 Å². The molecule has 0 aliphatic carbocycles. The van der Waals surface area contributed by atoms with Crippen LogP contribution in [0.3, 0.4) is 0 Å². The Kier molecular flexibility index (Phi) is 3.82. The number of anilines is 1. The first-order valence-corrected chi connectivity index (χ1v) is 5.95. The lowest BCUT2D eigenvalue weighted by atomic mass is 10.1. The van der Waals surface area contributed by atoms with Gasteiger partial charge in [0.1, 0.15) is 6.61 Å². The molecule has 0 aliphatic rings. The molecular formula is C15H16FNO. The Balaban J connectivity index is 2.06. The van der Waals surface area contributed by atoms with Crippen molar-refractivity contribution in [3.05, 3.63) is 59.4 Å². The molecule has 18 heavy (non-hydrogen) atoms. The lowest BCUT2D eigenvalue weighted by Crippen LogP contribution is -2.01. The van der Waals surface area contributed by atoms with Crippen LogP contribution in [-0.2, 0) is 13.0 Å². The first kappa shape index (κ1) is 12.4. The van der Waals surface area contributed by atoms with Crippen LogP contribution in [0.25, 0.3) is 0 Å². The molecule has 3 heteroatoms. The number of ether oxygens (including phenoxy) is 1. The van der Waals surface area contributed by atoms with Crippen molar-refractivity contribution in [2.24, 2.45) is 0 Å². The molecule has 2 nitrogen and oxygen atoms in total. The summed E-state index contributed by atoms with van der Waals surface area (Å²) in [7, 11) is 0. The Bertz CT molecular complexity index is 502. The number of hydrogen-bond donors (Lipinski definition) is 1. The summed E-state index contributed by atoms with van der Waals surface area (Å²) in [6.07, 6.45) is 1.00. The fourth-order valence-electron chi connectivity index (χ4n) is 1.70. The quantitative estimate of drug-likeness (QED) is 0.836. The third kappa shape index (κ3) is 2.80. The molecular weight excluding hydrogens is 229 g/mol. The van der Waals surface area contributed by atoms with E-state index in [1.54, 1.807) is 12.1 Å². The van der Waals surface area contributed by atoms with Crippen molar-refractivity contribution in [1.29, 1.82) is 0 Å². The second-order valence-corrected chi connectivity index (χ2v) is 4.12. The number of rotatable bonds is 4. The molecule has 0 saturated heterocycles. The van der Waals surface area contributed by atoms with Gasteiger partial charge in [0.15, 0.2) is 11.6 Å². The Labute approximate surface area is 106 Å². The third-order valence-electron chi connectivity index (χ3n) is 2.81. The normalized spacial score (nSPS) is 10.3. The van der Waals surface area contributed by atoms with E-state index < -0.39 is 5.82 Å². The highest BCUT2D eigenvalue weighted by Gasteiger charge is 2.07. The highest BCUT2D eigenvalue weighted by molar-refractivity contribution is 5.52. The van der Waals surface area contributed by atoms with Crippen LogP contribution in [0.4, 0.5) is 10.1 Å². The maximum absolute atomic E-state index is 13.5. The van der Waals surface area contributed by atoms with Crippen molar-refractivity contribution in [2.45, 2.75) is 20.0 Å². The lowest BCUT2D eigenvalue weighted by Gasteiger charge is -2.10. The zero-order chi connectivity index (χ0) is 13.0. The van der Waals surface area contributed by atoms with Crippen molar-refractivity contribution in [2.75, 3.05) is 5.73 Å². The van der Waals surface area contributed by atoms with Gasteiger partial charge < -0.3 is 10.5 Å². The molecule has 2 aromatic rings. The molecule has 0 heterocycles. The average molecular weight is 245 g/mol. The predicted octanol–water partition coefficient (Wildman–Crippen LogP) is 3.55. The van der Waals surface area contributed by atoms with Crippen LogP contribution in [0, 0.1) is 5.82 Å². The molecule has 0 unspecified atom stereocenters. The number of halogens is 1. The Morgan fingerprint density at radius 1 is 1.06 bits per heavy atom. The van der Waals surface area contributed by atoms with Gasteiger partial charge in [-0.05, 0) is 29.7 Å². The summed E-state index contributed by atoms with van der Waals surface area (Å²) in [5.41, 5.74) is 8.25. The Morgan fingerprint density at radius 3 is 2.33 bits per heavy atom. The zero-order valence-electron chi connectivity index (χ0n) is 10.3. The lowest BCUT2D eigenvalue weighted by molar-refractivity contribution is 0.292. The highest BCUT2D eigenvalue weighted by Crippen LogP contribution is 2.25. The number of nitrogen functional groups attached to an aromatic ring is 1. The SMILES string of the molecule is CCc1ccc(COc2c(N)cccc2F)cc1. The molecule has 0 saturated carbocycles. The van der Waals surface area contributed by atoms with Crippen LogP contribution in [0.2, 0.25) is 0 Å². The van der Waals surface area contributed by atoms with Gasteiger partial charge in [-0.25, -0.2) is 4.39 Å². The molecule has 0 amide bonds. The van der Waals surface area contributed by atoms with Gasteiger partial charge in [0.2, 0.25) is 0 Å². The van der Waals surface area contributed by atoms with Gasteiger partial charge in [-0.3, -0.25) is 0 Å². The summed E-state index contributed by atoms with van der Waals surface area (Å²) in [6, 6.07) is 12.6. The first-order valence-electron chi connectivity index (χ1n) is 5.95. The largest absolute Gasteiger partial charge is 0.484 e. The van der Waals surface area contributed by atoms with Crippen LogP contribution < -0.4 is 10.5 Å². The minimum Gasteiger partial charge on any atom is -0.484 e. The maximum Gasteiger partial charge on any atom is 0.178 e. The molecule has 0 radical (unpaired) electrons. The van der Waals surface area contributed by atoms with Gasteiger partial charge in [0, 0.05) is 0 Å². The van der Waals surface area contributed by atoms with E-state index in [9.17, 15) is 4.39 Å². The van der Waals surface area contributed by atoms with Gasteiger partial charge >= 0.3 is 0 Å². The van der Waals surface area contributed by atoms with Crippen LogP contribution in [0.1, 0.15) is 18.1 Å². The minimum atomic E-state index is -0.430. The van der Waals surface area contributed by atoms with Crippen molar-refractivity contribution in [3.63, 3.8) is 0 Å².